The smallest absolute Gasteiger partial charge is 0.243 e. The molecule has 0 aromatic heterocycles. The fourth-order valence-corrected chi connectivity index (χ4v) is 6.58. The number of ketones is 1. The Morgan fingerprint density at radius 1 is 0.746 bits per heavy atom. The van der Waals surface area contributed by atoms with Gasteiger partial charge in [-0.05, 0) is 62.6 Å². The van der Waals surface area contributed by atoms with Crippen molar-refractivity contribution in [2.75, 3.05) is 13.1 Å². The van der Waals surface area contributed by atoms with Crippen LogP contribution in [-0.2, 0) is 64.0 Å². The number of hydrogen-bond acceptors (Lipinski definition) is 13. The zero-order valence-corrected chi connectivity index (χ0v) is 38.6. The number of hydrogen-bond donors (Lipinski definition) is 12. The maximum atomic E-state index is 14.0. The molecule has 0 aliphatic carbocycles. The largest absolute Gasteiger partial charge is 0.508 e. The standard InChI is InChI=1S/C43H65N11O13/c1-7-22(4)36-43(67)51-27(12-14-32(44)57)40(64)53-31(18-33(45)58)41(65)50-28(39(63)48-24(6)37(61)52-29(16-21(2)3)38(62)47-19-23(5)55)13-15-34(59)46-20-35(60)49-30(42(66)54-36)17-25-8-10-26(56)11-9-25/h8-11,21-22,24,27-31,36,56H,7,12-20H2,1-6H3,(H2,44,57)(H2,45,58)(H,46,59)(H,47,62)(H,48,63)(H,49,60)(H,50,65)(H,51,67)(H,52,61)(H,53,64)(H,54,66)/t22-,24-,27-,28-,29-,30-,31-,36-/m0/s1. The van der Waals surface area contributed by atoms with Gasteiger partial charge in [0.25, 0.3) is 0 Å². The Morgan fingerprint density at radius 3 is 1.94 bits per heavy atom. The molecule has 1 aliphatic heterocycles. The van der Waals surface area contributed by atoms with E-state index in [1.807, 2.05) is 0 Å². The van der Waals surface area contributed by atoms with Crippen molar-refractivity contribution < 1.29 is 62.6 Å². The minimum atomic E-state index is -1.83. The Balaban J connectivity index is 2.58. The highest BCUT2D eigenvalue weighted by atomic mass is 16.3. The molecule has 1 aliphatic rings. The zero-order chi connectivity index (χ0) is 50.5. The topological polar surface area (TPSA) is 385 Å². The molecular formula is C43H65N11O13. The lowest BCUT2D eigenvalue weighted by molar-refractivity contribution is -0.137. The normalized spacial score (nSPS) is 21.6. The van der Waals surface area contributed by atoms with Crippen LogP contribution in [-0.4, -0.2) is 131 Å². The molecule has 11 amide bonds. The fraction of sp³-hybridized carbons (Fsp3) is 0.581. The lowest BCUT2D eigenvalue weighted by Gasteiger charge is -2.29. The maximum absolute atomic E-state index is 14.0. The molecule has 0 unspecified atom stereocenters. The highest BCUT2D eigenvalue weighted by Gasteiger charge is 2.36. The summed E-state index contributed by atoms with van der Waals surface area (Å²) in [6, 6.07) is -4.60. The molecule has 1 heterocycles. The van der Waals surface area contributed by atoms with Crippen LogP contribution in [0.2, 0.25) is 0 Å². The first-order valence-corrected chi connectivity index (χ1v) is 21.9. The molecule has 14 N–H and O–H groups in total. The van der Waals surface area contributed by atoms with Crippen molar-refractivity contribution in [2.24, 2.45) is 23.3 Å². The van der Waals surface area contributed by atoms with Crippen LogP contribution in [0.4, 0.5) is 0 Å². The number of primary amides is 2. The van der Waals surface area contributed by atoms with E-state index < -0.39 is 152 Å². The predicted octanol–water partition coefficient (Wildman–Crippen LogP) is -3.80. The predicted molar refractivity (Wildman–Crippen MR) is 238 cm³/mol. The number of phenols is 1. The molecule has 0 bridgehead atoms. The van der Waals surface area contributed by atoms with Gasteiger partial charge >= 0.3 is 0 Å². The molecule has 1 fully saturated rings. The van der Waals surface area contributed by atoms with E-state index in [-0.39, 0.29) is 36.8 Å². The van der Waals surface area contributed by atoms with E-state index in [0.29, 0.717) is 12.0 Å². The van der Waals surface area contributed by atoms with E-state index >= 15 is 0 Å². The van der Waals surface area contributed by atoms with Crippen LogP contribution in [0.15, 0.2) is 24.3 Å². The maximum Gasteiger partial charge on any atom is 0.243 e. The summed E-state index contributed by atoms with van der Waals surface area (Å²) in [6.07, 6.45) is -2.45. The molecule has 67 heavy (non-hydrogen) atoms. The summed E-state index contributed by atoms with van der Waals surface area (Å²) >= 11 is 0. The van der Waals surface area contributed by atoms with Crippen LogP contribution >= 0.6 is 0 Å². The Hall–Kier alpha value is -7.14. The third-order valence-corrected chi connectivity index (χ3v) is 10.5. The van der Waals surface area contributed by atoms with Gasteiger partial charge in [-0.3, -0.25) is 57.5 Å². The number of rotatable bonds is 18. The zero-order valence-electron chi connectivity index (χ0n) is 38.6. The minimum Gasteiger partial charge on any atom is -0.508 e. The first-order valence-electron chi connectivity index (χ1n) is 21.9. The van der Waals surface area contributed by atoms with Gasteiger partial charge < -0.3 is 64.4 Å². The number of aromatic hydroxyl groups is 1. The van der Waals surface area contributed by atoms with Crippen LogP contribution in [0.25, 0.3) is 0 Å². The van der Waals surface area contributed by atoms with Gasteiger partial charge in [0.05, 0.1) is 19.5 Å². The third-order valence-electron chi connectivity index (χ3n) is 10.5. The second-order valence-corrected chi connectivity index (χ2v) is 16.9. The Kier molecular flexibility index (Phi) is 22.9. The fourth-order valence-electron chi connectivity index (χ4n) is 6.58. The highest BCUT2D eigenvalue weighted by molar-refractivity contribution is 5.99. The Bertz CT molecular complexity index is 2000. The summed E-state index contributed by atoms with van der Waals surface area (Å²) in [5, 5.41) is 31.8. The van der Waals surface area contributed by atoms with Crippen molar-refractivity contribution in [2.45, 2.75) is 135 Å². The minimum absolute atomic E-state index is 0.0702. The summed E-state index contributed by atoms with van der Waals surface area (Å²) < 4.78 is 0. The molecule has 0 spiro atoms. The summed E-state index contributed by atoms with van der Waals surface area (Å²) in [5.41, 5.74) is 11.3. The Labute approximate surface area is 387 Å². The number of benzene rings is 1. The van der Waals surface area contributed by atoms with Crippen molar-refractivity contribution in [3.05, 3.63) is 29.8 Å². The van der Waals surface area contributed by atoms with Gasteiger partial charge in [0.15, 0.2) is 0 Å². The molecule has 1 aromatic carbocycles. The lowest BCUT2D eigenvalue weighted by atomic mass is 9.96. The van der Waals surface area contributed by atoms with Gasteiger partial charge in [-0.1, -0.05) is 46.2 Å². The average Bonchev–Trinajstić information content (AvgIpc) is 3.25. The first kappa shape index (κ1) is 56.0. The molecule has 8 atom stereocenters. The van der Waals surface area contributed by atoms with Gasteiger partial charge in [0.1, 0.15) is 53.8 Å². The van der Waals surface area contributed by atoms with Gasteiger partial charge in [0, 0.05) is 19.3 Å². The van der Waals surface area contributed by atoms with Crippen LogP contribution < -0.4 is 59.3 Å². The van der Waals surface area contributed by atoms with Crippen molar-refractivity contribution in [3.8, 4) is 5.75 Å². The average molecular weight is 944 g/mol. The number of carbonyl (C=O) groups is 12. The van der Waals surface area contributed by atoms with Crippen LogP contribution in [0.5, 0.6) is 5.75 Å². The number of phenolic OH excluding ortho intramolecular Hbond substituents is 1. The van der Waals surface area contributed by atoms with Crippen molar-refractivity contribution in [1.29, 1.82) is 0 Å². The number of carbonyl (C=O) groups excluding carboxylic acids is 12. The van der Waals surface area contributed by atoms with E-state index in [1.54, 1.807) is 27.7 Å². The van der Waals surface area contributed by atoms with Crippen molar-refractivity contribution in [1.82, 2.24) is 47.9 Å². The van der Waals surface area contributed by atoms with Crippen molar-refractivity contribution >= 4 is 70.8 Å². The molecule has 24 heteroatoms. The molecule has 370 valence electrons. The molecule has 24 nitrogen and oxygen atoms in total. The molecule has 1 saturated heterocycles. The SMILES string of the molecule is CC[C@H](C)[C@@H]1NC(=O)[C@H](Cc2ccc(O)cc2)NC(=O)CNC(=O)CC[C@@H](C(=O)N[C@@H](C)C(=O)N[C@@H](CC(C)C)C(=O)NCC(C)=O)NC(=O)[C@H](CC(N)=O)NC(=O)[C@H](CCC(N)=O)NC1=O. The first-order chi connectivity index (χ1) is 31.4. The summed E-state index contributed by atoms with van der Waals surface area (Å²) in [7, 11) is 0. The van der Waals surface area contributed by atoms with E-state index in [9.17, 15) is 62.6 Å². The summed E-state index contributed by atoms with van der Waals surface area (Å²) in [4.78, 5) is 158. The number of Topliss-reactive ketones (excluding diaryl/α,β-unsaturated/α-hetero) is 1. The van der Waals surface area contributed by atoms with Gasteiger partial charge in [0.2, 0.25) is 65.0 Å². The van der Waals surface area contributed by atoms with Crippen LogP contribution in [0, 0.1) is 11.8 Å². The Morgan fingerprint density at radius 2 is 1.36 bits per heavy atom. The summed E-state index contributed by atoms with van der Waals surface area (Å²) in [6.45, 7) is 8.49. The molecule has 2 rings (SSSR count). The van der Waals surface area contributed by atoms with Gasteiger partial charge in [-0.15, -0.1) is 0 Å². The number of amides is 11. The molecule has 0 saturated carbocycles. The second kappa shape index (κ2) is 27.4. The quantitative estimate of drug-likeness (QED) is 0.0673. The van der Waals surface area contributed by atoms with E-state index in [2.05, 4.69) is 47.9 Å². The third kappa shape index (κ3) is 20.3. The highest BCUT2D eigenvalue weighted by Crippen LogP contribution is 2.14. The monoisotopic (exact) mass is 943 g/mol. The molecule has 0 radical (unpaired) electrons. The lowest BCUT2D eigenvalue weighted by Crippen LogP contribution is -2.61. The van der Waals surface area contributed by atoms with E-state index in [0.717, 1.165) is 0 Å². The van der Waals surface area contributed by atoms with Crippen LogP contribution in [0.1, 0.15) is 92.1 Å². The van der Waals surface area contributed by atoms with Gasteiger partial charge in [-0.2, -0.15) is 0 Å². The summed E-state index contributed by atoms with van der Waals surface area (Å²) in [5.74, 6) is -11.3. The van der Waals surface area contributed by atoms with Crippen molar-refractivity contribution in [3.63, 3.8) is 0 Å². The molecule has 1 aromatic rings. The van der Waals surface area contributed by atoms with E-state index in [4.69, 9.17) is 11.5 Å². The number of nitrogens with one attached hydrogen (secondary N) is 9. The van der Waals surface area contributed by atoms with Crippen LogP contribution in [0.3, 0.4) is 0 Å². The number of nitrogens with two attached hydrogens (primary N) is 2. The van der Waals surface area contributed by atoms with E-state index in [1.165, 1.54) is 38.1 Å². The van der Waals surface area contributed by atoms with Gasteiger partial charge in [-0.25, -0.2) is 0 Å². The second-order valence-electron chi connectivity index (χ2n) is 16.9. The molecular weight excluding hydrogens is 879 g/mol.